The maximum absolute atomic E-state index is 13.2. The van der Waals surface area contributed by atoms with Crippen molar-refractivity contribution in [2.45, 2.75) is 12.7 Å². The van der Waals surface area contributed by atoms with Crippen LogP contribution in [0.25, 0.3) is 11.0 Å². The summed E-state index contributed by atoms with van der Waals surface area (Å²) < 4.78 is 45.0. The molecule has 0 saturated heterocycles. The predicted octanol–water partition coefficient (Wildman–Crippen LogP) is 2.12. The van der Waals surface area contributed by atoms with Crippen LogP contribution in [0.3, 0.4) is 0 Å². The quantitative estimate of drug-likeness (QED) is 0.481. The van der Waals surface area contributed by atoms with Gasteiger partial charge in [-0.2, -0.15) is 13.2 Å². The van der Waals surface area contributed by atoms with Crippen molar-refractivity contribution >= 4 is 40.2 Å². The predicted molar refractivity (Wildman–Crippen MR) is 95.6 cm³/mol. The fourth-order valence-corrected chi connectivity index (χ4v) is 3.02. The Balaban J connectivity index is 1.58. The van der Waals surface area contributed by atoms with Crippen LogP contribution in [0.15, 0.2) is 41.8 Å². The monoisotopic (exact) mass is 426 g/mol. The third-order valence-electron chi connectivity index (χ3n) is 3.62. The highest BCUT2D eigenvalue weighted by Gasteiger charge is 2.38. The summed E-state index contributed by atoms with van der Waals surface area (Å²) >= 11 is 1.16. The number of hydrogen-bond donors (Lipinski definition) is 2. The van der Waals surface area contributed by atoms with Crippen LogP contribution in [0.1, 0.15) is 15.5 Å². The molecule has 8 nitrogen and oxygen atoms in total. The van der Waals surface area contributed by atoms with Crippen LogP contribution in [0.4, 0.5) is 13.2 Å². The standard InChI is InChI=1S/C17H13F3N4O4S/c18-17(19,20)16-21-10-4-1-2-5-11(10)24(16)8-14(26)28-9-13(25)22-23-15(27)12-6-3-7-29-12/h1-7H,8-9H2,(H,22,25)(H,23,27). The third-order valence-corrected chi connectivity index (χ3v) is 4.49. The highest BCUT2D eigenvalue weighted by atomic mass is 32.1. The number of imidazole rings is 1. The highest BCUT2D eigenvalue weighted by Crippen LogP contribution is 2.31. The van der Waals surface area contributed by atoms with Gasteiger partial charge in [0.25, 0.3) is 11.8 Å². The molecule has 0 bridgehead atoms. The molecular weight excluding hydrogens is 413 g/mol. The summed E-state index contributed by atoms with van der Waals surface area (Å²) in [6, 6.07) is 8.99. The number of nitrogens with one attached hydrogen (secondary N) is 2. The molecule has 29 heavy (non-hydrogen) atoms. The zero-order valence-electron chi connectivity index (χ0n) is 14.5. The molecule has 3 rings (SSSR count). The molecule has 1 aromatic carbocycles. The molecule has 0 saturated carbocycles. The van der Waals surface area contributed by atoms with Crippen LogP contribution in [0.2, 0.25) is 0 Å². The number of hydrogen-bond acceptors (Lipinski definition) is 6. The Hall–Kier alpha value is -3.41. The molecule has 0 aliphatic rings. The Bertz CT molecular complexity index is 1050. The molecule has 0 spiro atoms. The van der Waals surface area contributed by atoms with E-state index in [1.807, 2.05) is 5.43 Å². The second-order valence-corrected chi connectivity index (χ2v) is 6.60. The average molecular weight is 426 g/mol. The Morgan fingerprint density at radius 2 is 1.86 bits per heavy atom. The number of ether oxygens (including phenoxy) is 1. The molecule has 0 unspecified atom stereocenters. The summed E-state index contributed by atoms with van der Waals surface area (Å²) in [5.41, 5.74) is 4.34. The molecule has 3 aromatic rings. The number of carbonyl (C=O) groups is 3. The van der Waals surface area contributed by atoms with Gasteiger partial charge in [0.15, 0.2) is 6.61 Å². The van der Waals surface area contributed by atoms with Crippen molar-refractivity contribution in [3.63, 3.8) is 0 Å². The minimum absolute atomic E-state index is 0.0710. The number of amides is 2. The first-order valence-corrected chi connectivity index (χ1v) is 8.94. The van der Waals surface area contributed by atoms with E-state index in [9.17, 15) is 27.6 Å². The topological polar surface area (TPSA) is 102 Å². The lowest BCUT2D eigenvalue weighted by Crippen LogP contribution is -2.43. The first-order valence-electron chi connectivity index (χ1n) is 8.06. The fourth-order valence-electron chi connectivity index (χ4n) is 2.40. The largest absolute Gasteiger partial charge is 0.454 e. The van der Waals surface area contributed by atoms with E-state index < -0.39 is 42.9 Å². The maximum atomic E-state index is 13.2. The lowest BCUT2D eigenvalue weighted by atomic mass is 10.3. The van der Waals surface area contributed by atoms with E-state index in [2.05, 4.69) is 10.4 Å². The number of alkyl halides is 3. The summed E-state index contributed by atoms with van der Waals surface area (Å²) in [5.74, 6) is -3.73. The van der Waals surface area contributed by atoms with Crippen molar-refractivity contribution in [3.8, 4) is 0 Å². The molecule has 12 heteroatoms. The summed E-state index contributed by atoms with van der Waals surface area (Å²) in [6.07, 6.45) is -4.78. The fraction of sp³-hybridized carbons (Fsp3) is 0.176. The first-order chi connectivity index (χ1) is 13.8. The van der Waals surface area contributed by atoms with Gasteiger partial charge in [0, 0.05) is 0 Å². The van der Waals surface area contributed by atoms with Crippen LogP contribution in [0.5, 0.6) is 0 Å². The average Bonchev–Trinajstić information content (AvgIpc) is 3.33. The van der Waals surface area contributed by atoms with Crippen LogP contribution in [0, 0.1) is 0 Å². The molecule has 0 radical (unpaired) electrons. The normalized spacial score (nSPS) is 11.3. The minimum Gasteiger partial charge on any atom is -0.454 e. The molecule has 152 valence electrons. The Morgan fingerprint density at radius 3 is 2.55 bits per heavy atom. The van der Waals surface area contributed by atoms with E-state index in [0.717, 1.165) is 11.3 Å². The number of rotatable bonds is 5. The van der Waals surface area contributed by atoms with Gasteiger partial charge in [0.2, 0.25) is 5.82 Å². The van der Waals surface area contributed by atoms with E-state index in [-0.39, 0.29) is 11.0 Å². The molecule has 2 aromatic heterocycles. The van der Waals surface area contributed by atoms with Crippen LogP contribution < -0.4 is 10.9 Å². The number of carbonyl (C=O) groups excluding carboxylic acids is 3. The van der Waals surface area contributed by atoms with Gasteiger partial charge in [-0.3, -0.25) is 25.2 Å². The Morgan fingerprint density at radius 1 is 1.10 bits per heavy atom. The molecule has 0 aliphatic heterocycles. The zero-order chi connectivity index (χ0) is 21.0. The van der Waals surface area contributed by atoms with Gasteiger partial charge in [0.05, 0.1) is 15.9 Å². The number of esters is 1. The number of fused-ring (bicyclic) bond motifs is 1. The molecule has 0 aliphatic carbocycles. The summed E-state index contributed by atoms with van der Waals surface area (Å²) in [5, 5.41) is 1.67. The van der Waals surface area contributed by atoms with Gasteiger partial charge in [-0.25, -0.2) is 4.98 Å². The van der Waals surface area contributed by atoms with Gasteiger partial charge >= 0.3 is 12.1 Å². The molecular formula is C17H13F3N4O4S. The number of thiophene rings is 1. The molecule has 2 amide bonds. The molecule has 2 N–H and O–H groups in total. The van der Waals surface area contributed by atoms with Gasteiger partial charge in [0.1, 0.15) is 6.54 Å². The lowest BCUT2D eigenvalue weighted by Gasteiger charge is -2.11. The van der Waals surface area contributed by atoms with Crippen molar-refractivity contribution in [1.82, 2.24) is 20.4 Å². The number of aromatic nitrogens is 2. The van der Waals surface area contributed by atoms with E-state index in [1.165, 1.54) is 24.3 Å². The van der Waals surface area contributed by atoms with Crippen LogP contribution in [-0.4, -0.2) is 33.9 Å². The van der Waals surface area contributed by atoms with Crippen molar-refractivity contribution < 1.29 is 32.3 Å². The number of hydrazine groups is 1. The van der Waals surface area contributed by atoms with E-state index >= 15 is 0 Å². The third kappa shape index (κ3) is 4.90. The van der Waals surface area contributed by atoms with Gasteiger partial charge in [-0.05, 0) is 23.6 Å². The van der Waals surface area contributed by atoms with Crippen LogP contribution in [-0.2, 0) is 27.0 Å². The highest BCUT2D eigenvalue weighted by molar-refractivity contribution is 7.12. The number of nitrogens with zero attached hydrogens (tertiary/aromatic N) is 2. The molecule has 0 atom stereocenters. The van der Waals surface area contributed by atoms with Gasteiger partial charge in [-0.1, -0.05) is 18.2 Å². The Kier molecular flexibility index (Phi) is 5.82. The van der Waals surface area contributed by atoms with Gasteiger partial charge < -0.3 is 9.30 Å². The van der Waals surface area contributed by atoms with Crippen LogP contribution >= 0.6 is 11.3 Å². The molecule has 2 heterocycles. The van der Waals surface area contributed by atoms with Crippen molar-refractivity contribution in [3.05, 3.63) is 52.5 Å². The Labute approximate surface area is 165 Å². The molecule has 0 fully saturated rings. The first kappa shape index (κ1) is 20.3. The minimum atomic E-state index is -4.78. The second kappa shape index (κ2) is 8.31. The van der Waals surface area contributed by atoms with Crippen molar-refractivity contribution in [2.24, 2.45) is 0 Å². The second-order valence-electron chi connectivity index (χ2n) is 5.65. The number of para-hydroxylation sites is 2. The SMILES string of the molecule is O=C(COC(=O)Cn1c(C(F)(F)F)nc2ccccc21)NNC(=O)c1cccs1. The van der Waals surface area contributed by atoms with Crippen molar-refractivity contribution in [2.75, 3.05) is 6.61 Å². The number of halogens is 3. The van der Waals surface area contributed by atoms with Crippen molar-refractivity contribution in [1.29, 1.82) is 0 Å². The zero-order valence-corrected chi connectivity index (χ0v) is 15.3. The van der Waals surface area contributed by atoms with E-state index in [0.29, 0.717) is 9.44 Å². The van der Waals surface area contributed by atoms with E-state index in [1.54, 1.807) is 17.5 Å². The van der Waals surface area contributed by atoms with Gasteiger partial charge in [-0.15, -0.1) is 11.3 Å². The number of benzene rings is 1. The smallest absolute Gasteiger partial charge is 0.449 e. The van der Waals surface area contributed by atoms with E-state index in [4.69, 9.17) is 4.74 Å². The summed E-state index contributed by atoms with van der Waals surface area (Å²) in [7, 11) is 0. The maximum Gasteiger partial charge on any atom is 0.449 e. The summed E-state index contributed by atoms with van der Waals surface area (Å²) in [4.78, 5) is 39.2. The summed E-state index contributed by atoms with van der Waals surface area (Å²) in [6.45, 7) is -1.57. The lowest BCUT2D eigenvalue weighted by molar-refractivity contribution is -0.153.